The van der Waals surface area contributed by atoms with Gasteiger partial charge in [-0.15, -0.1) is 0 Å². The van der Waals surface area contributed by atoms with Crippen molar-refractivity contribution >= 4 is 0 Å². The predicted molar refractivity (Wildman–Crippen MR) is 76.4 cm³/mol. The molecule has 2 heteroatoms. The van der Waals surface area contributed by atoms with Gasteiger partial charge in [0.15, 0.2) is 0 Å². The molecule has 0 amide bonds. The van der Waals surface area contributed by atoms with Crippen LogP contribution in [0.5, 0.6) is 0 Å². The highest BCUT2D eigenvalue weighted by Crippen LogP contribution is 2.22. The topological polar surface area (TPSA) is 15.3 Å². The van der Waals surface area contributed by atoms with E-state index in [0.717, 1.165) is 24.4 Å². The summed E-state index contributed by atoms with van der Waals surface area (Å²) in [6, 6.07) is 0.773. The second-order valence-corrected chi connectivity index (χ2v) is 6.05. The zero-order valence-electron chi connectivity index (χ0n) is 12.3. The van der Waals surface area contributed by atoms with E-state index in [2.05, 4.69) is 37.9 Å². The van der Waals surface area contributed by atoms with Crippen LogP contribution in [0.25, 0.3) is 0 Å². The van der Waals surface area contributed by atoms with Crippen molar-refractivity contribution in [3.8, 4) is 0 Å². The molecule has 0 aliphatic carbocycles. The zero-order valence-corrected chi connectivity index (χ0v) is 12.3. The third kappa shape index (κ3) is 5.39. The van der Waals surface area contributed by atoms with Gasteiger partial charge in [-0.2, -0.15) is 0 Å². The zero-order chi connectivity index (χ0) is 12.7. The fourth-order valence-electron chi connectivity index (χ4n) is 2.81. The molecule has 0 spiro atoms. The van der Waals surface area contributed by atoms with Gasteiger partial charge in [-0.05, 0) is 37.8 Å². The molecule has 1 aliphatic heterocycles. The van der Waals surface area contributed by atoms with E-state index in [-0.39, 0.29) is 0 Å². The quantitative estimate of drug-likeness (QED) is 0.701. The Morgan fingerprint density at radius 3 is 2.53 bits per heavy atom. The summed E-state index contributed by atoms with van der Waals surface area (Å²) >= 11 is 0. The lowest BCUT2D eigenvalue weighted by atomic mass is 10.1. The maximum absolute atomic E-state index is 3.64. The molecule has 1 N–H and O–H groups in total. The molecule has 0 aromatic heterocycles. The van der Waals surface area contributed by atoms with Crippen LogP contribution in [-0.4, -0.2) is 37.1 Å². The largest absolute Gasteiger partial charge is 0.315 e. The Labute approximate surface area is 108 Å². The lowest BCUT2D eigenvalue weighted by Crippen LogP contribution is -2.42. The van der Waals surface area contributed by atoms with Gasteiger partial charge in [0.1, 0.15) is 0 Å². The van der Waals surface area contributed by atoms with Gasteiger partial charge in [0, 0.05) is 19.1 Å². The van der Waals surface area contributed by atoms with Crippen LogP contribution >= 0.6 is 0 Å². The number of hydrogen-bond acceptors (Lipinski definition) is 2. The molecule has 2 unspecified atom stereocenters. The average molecular weight is 240 g/mol. The first-order valence-corrected chi connectivity index (χ1v) is 7.62. The number of hydrogen-bond donors (Lipinski definition) is 1. The third-order valence-electron chi connectivity index (χ3n) is 3.97. The van der Waals surface area contributed by atoms with Gasteiger partial charge < -0.3 is 5.32 Å². The molecule has 0 saturated carbocycles. The van der Waals surface area contributed by atoms with Crippen LogP contribution in [0.1, 0.15) is 53.4 Å². The fourth-order valence-corrected chi connectivity index (χ4v) is 2.81. The van der Waals surface area contributed by atoms with Gasteiger partial charge in [0.2, 0.25) is 0 Å². The van der Waals surface area contributed by atoms with E-state index >= 15 is 0 Å². The number of nitrogens with zero attached hydrogens (tertiary/aromatic N) is 1. The summed E-state index contributed by atoms with van der Waals surface area (Å²) in [7, 11) is 0. The Hall–Kier alpha value is -0.0800. The van der Waals surface area contributed by atoms with Gasteiger partial charge in [0.05, 0.1) is 0 Å². The second-order valence-electron chi connectivity index (χ2n) is 6.05. The first-order chi connectivity index (χ1) is 8.17. The normalized spacial score (nSPS) is 23.5. The van der Waals surface area contributed by atoms with E-state index < -0.39 is 0 Å². The summed E-state index contributed by atoms with van der Waals surface area (Å²) in [4.78, 5) is 2.73. The standard InChI is InChI=1S/C15H32N2/c1-5-7-15(11-16-10-13(3)4)17-9-8-14(6-2)12-17/h13-16H,5-12H2,1-4H3. The van der Waals surface area contributed by atoms with E-state index in [1.807, 2.05) is 0 Å². The van der Waals surface area contributed by atoms with Crippen molar-refractivity contribution in [3.05, 3.63) is 0 Å². The number of likely N-dealkylation sites (tertiary alicyclic amines) is 1. The summed E-state index contributed by atoms with van der Waals surface area (Å²) in [5.41, 5.74) is 0. The SMILES string of the molecule is CCCC(CNCC(C)C)N1CCC(CC)C1. The van der Waals surface area contributed by atoms with Crippen LogP contribution in [0.2, 0.25) is 0 Å². The first kappa shape index (κ1) is 15.0. The van der Waals surface area contributed by atoms with E-state index in [1.54, 1.807) is 0 Å². The van der Waals surface area contributed by atoms with E-state index in [1.165, 1.54) is 45.3 Å². The third-order valence-corrected chi connectivity index (χ3v) is 3.97. The number of rotatable bonds is 8. The Balaban J connectivity index is 2.32. The van der Waals surface area contributed by atoms with Crippen LogP contribution in [0.3, 0.4) is 0 Å². The van der Waals surface area contributed by atoms with Gasteiger partial charge >= 0.3 is 0 Å². The van der Waals surface area contributed by atoms with Gasteiger partial charge in [-0.1, -0.05) is 40.5 Å². The van der Waals surface area contributed by atoms with Gasteiger partial charge in [0.25, 0.3) is 0 Å². The molecule has 1 rings (SSSR count). The second kappa shape index (κ2) is 8.10. The minimum atomic E-state index is 0.763. The summed E-state index contributed by atoms with van der Waals surface area (Å²) in [6.07, 6.45) is 5.43. The highest BCUT2D eigenvalue weighted by atomic mass is 15.2. The van der Waals surface area contributed by atoms with Crippen molar-refractivity contribution in [2.24, 2.45) is 11.8 Å². The van der Waals surface area contributed by atoms with E-state index in [4.69, 9.17) is 0 Å². The van der Waals surface area contributed by atoms with Gasteiger partial charge in [-0.3, -0.25) is 4.90 Å². The molecule has 1 heterocycles. The molecule has 102 valence electrons. The first-order valence-electron chi connectivity index (χ1n) is 7.62. The summed E-state index contributed by atoms with van der Waals surface area (Å²) < 4.78 is 0. The Bertz CT molecular complexity index is 191. The predicted octanol–water partition coefficient (Wildman–Crippen LogP) is 3.13. The van der Waals surface area contributed by atoms with Gasteiger partial charge in [-0.25, -0.2) is 0 Å². The highest BCUT2D eigenvalue weighted by molar-refractivity contribution is 4.82. The van der Waals surface area contributed by atoms with Crippen LogP contribution in [-0.2, 0) is 0 Å². The molecule has 0 aromatic carbocycles. The van der Waals surface area contributed by atoms with Crippen LogP contribution in [0.15, 0.2) is 0 Å². The minimum Gasteiger partial charge on any atom is -0.315 e. The van der Waals surface area contributed by atoms with Crippen LogP contribution in [0.4, 0.5) is 0 Å². The molecule has 0 radical (unpaired) electrons. The molecule has 0 aromatic rings. The molecular weight excluding hydrogens is 208 g/mol. The molecular formula is C15H32N2. The fraction of sp³-hybridized carbons (Fsp3) is 1.00. The van der Waals surface area contributed by atoms with Crippen molar-refractivity contribution < 1.29 is 0 Å². The van der Waals surface area contributed by atoms with E-state index in [0.29, 0.717) is 0 Å². The smallest absolute Gasteiger partial charge is 0.0220 e. The monoisotopic (exact) mass is 240 g/mol. The van der Waals surface area contributed by atoms with Crippen molar-refractivity contribution in [2.75, 3.05) is 26.2 Å². The van der Waals surface area contributed by atoms with Crippen LogP contribution < -0.4 is 5.32 Å². The van der Waals surface area contributed by atoms with Crippen LogP contribution in [0, 0.1) is 11.8 Å². The van der Waals surface area contributed by atoms with Crippen molar-refractivity contribution in [2.45, 2.75) is 59.4 Å². The molecule has 2 atom stereocenters. The van der Waals surface area contributed by atoms with E-state index in [9.17, 15) is 0 Å². The lowest BCUT2D eigenvalue weighted by Gasteiger charge is -2.28. The number of nitrogens with one attached hydrogen (secondary N) is 1. The Kier molecular flexibility index (Phi) is 7.14. The van der Waals surface area contributed by atoms with Crippen molar-refractivity contribution in [1.29, 1.82) is 0 Å². The highest BCUT2D eigenvalue weighted by Gasteiger charge is 2.26. The molecule has 17 heavy (non-hydrogen) atoms. The maximum Gasteiger partial charge on any atom is 0.0220 e. The lowest BCUT2D eigenvalue weighted by molar-refractivity contribution is 0.213. The molecule has 0 bridgehead atoms. The molecule has 1 saturated heterocycles. The molecule has 1 fully saturated rings. The molecule has 2 nitrogen and oxygen atoms in total. The summed E-state index contributed by atoms with van der Waals surface area (Å²) in [6.45, 7) is 14.2. The summed E-state index contributed by atoms with van der Waals surface area (Å²) in [5.74, 6) is 1.72. The van der Waals surface area contributed by atoms with Crippen molar-refractivity contribution in [1.82, 2.24) is 10.2 Å². The maximum atomic E-state index is 3.64. The summed E-state index contributed by atoms with van der Waals surface area (Å²) in [5, 5.41) is 3.64. The molecule has 1 aliphatic rings. The Morgan fingerprint density at radius 2 is 2.00 bits per heavy atom. The minimum absolute atomic E-state index is 0.763. The Morgan fingerprint density at radius 1 is 1.24 bits per heavy atom. The van der Waals surface area contributed by atoms with Crippen molar-refractivity contribution in [3.63, 3.8) is 0 Å². The average Bonchev–Trinajstić information content (AvgIpc) is 2.76.